The molecular formula is C16H17FN2OS. The van der Waals surface area contributed by atoms with Crippen LogP contribution in [0.3, 0.4) is 0 Å². The number of benzene rings is 2. The molecule has 2 aromatic carbocycles. The topological polar surface area (TPSA) is 33.3 Å². The normalized spacial score (nSPS) is 10.1. The van der Waals surface area contributed by atoms with Gasteiger partial charge in [0.2, 0.25) is 0 Å². The number of methoxy groups -OCH3 is 1. The highest BCUT2D eigenvalue weighted by molar-refractivity contribution is 7.80. The maximum absolute atomic E-state index is 13.5. The fraction of sp³-hybridized carbons (Fsp3) is 0.188. The summed E-state index contributed by atoms with van der Waals surface area (Å²) in [6.07, 6.45) is 0. The van der Waals surface area contributed by atoms with Gasteiger partial charge in [-0.05, 0) is 55.4 Å². The Morgan fingerprint density at radius 1 is 1.05 bits per heavy atom. The van der Waals surface area contributed by atoms with Gasteiger partial charge >= 0.3 is 0 Å². The Kier molecular flexibility index (Phi) is 4.75. The summed E-state index contributed by atoms with van der Waals surface area (Å²) in [5, 5.41) is 6.45. The van der Waals surface area contributed by atoms with Gasteiger partial charge in [-0.15, -0.1) is 0 Å². The molecule has 2 N–H and O–H groups in total. The number of ether oxygens (including phenoxy) is 1. The molecule has 0 heterocycles. The van der Waals surface area contributed by atoms with Crippen molar-refractivity contribution in [2.75, 3.05) is 17.7 Å². The minimum atomic E-state index is -0.264. The van der Waals surface area contributed by atoms with Crippen LogP contribution in [0.2, 0.25) is 0 Å². The number of thiocarbonyl (C=S) groups is 1. The Bertz CT molecular complexity index is 673. The lowest BCUT2D eigenvalue weighted by atomic mass is 10.2. The molecule has 0 spiro atoms. The second kappa shape index (κ2) is 6.54. The van der Waals surface area contributed by atoms with Crippen LogP contribution in [0.5, 0.6) is 5.75 Å². The van der Waals surface area contributed by atoms with Crippen molar-refractivity contribution in [3.8, 4) is 5.75 Å². The highest BCUT2D eigenvalue weighted by Gasteiger charge is 2.05. The van der Waals surface area contributed by atoms with Crippen LogP contribution in [0.4, 0.5) is 15.8 Å². The molecule has 0 amide bonds. The highest BCUT2D eigenvalue weighted by atomic mass is 32.1. The molecule has 0 aliphatic rings. The van der Waals surface area contributed by atoms with Gasteiger partial charge in [-0.3, -0.25) is 0 Å². The maximum Gasteiger partial charge on any atom is 0.175 e. The van der Waals surface area contributed by atoms with Crippen LogP contribution in [-0.2, 0) is 0 Å². The smallest absolute Gasteiger partial charge is 0.175 e. The van der Waals surface area contributed by atoms with Gasteiger partial charge in [0.15, 0.2) is 5.11 Å². The first-order valence-electron chi connectivity index (χ1n) is 6.48. The molecule has 0 fully saturated rings. The first-order chi connectivity index (χ1) is 9.99. The summed E-state index contributed by atoms with van der Waals surface area (Å²) < 4.78 is 18.7. The van der Waals surface area contributed by atoms with Crippen molar-refractivity contribution >= 4 is 28.7 Å². The summed E-state index contributed by atoms with van der Waals surface area (Å²) in [6.45, 7) is 3.69. The molecule has 0 saturated heterocycles. The van der Waals surface area contributed by atoms with Crippen molar-refractivity contribution in [2.24, 2.45) is 0 Å². The minimum Gasteiger partial charge on any atom is -0.497 e. The van der Waals surface area contributed by atoms with Gasteiger partial charge in [-0.25, -0.2) is 4.39 Å². The van der Waals surface area contributed by atoms with Crippen molar-refractivity contribution < 1.29 is 9.13 Å². The zero-order chi connectivity index (χ0) is 15.4. The van der Waals surface area contributed by atoms with E-state index in [1.807, 2.05) is 25.1 Å². The van der Waals surface area contributed by atoms with E-state index in [0.717, 1.165) is 17.0 Å². The summed E-state index contributed by atoms with van der Waals surface area (Å²) >= 11 is 5.25. The minimum absolute atomic E-state index is 0.264. The average Bonchev–Trinajstić information content (AvgIpc) is 2.45. The van der Waals surface area contributed by atoms with Gasteiger partial charge in [-0.2, -0.15) is 0 Å². The molecule has 0 saturated carbocycles. The van der Waals surface area contributed by atoms with Crippen LogP contribution in [0.25, 0.3) is 0 Å². The summed E-state index contributed by atoms with van der Waals surface area (Å²) in [5.74, 6) is 0.479. The zero-order valence-corrected chi connectivity index (χ0v) is 13.0. The van der Waals surface area contributed by atoms with Crippen molar-refractivity contribution in [3.05, 3.63) is 53.3 Å². The van der Waals surface area contributed by atoms with Crippen molar-refractivity contribution in [1.29, 1.82) is 0 Å². The zero-order valence-electron chi connectivity index (χ0n) is 12.2. The largest absolute Gasteiger partial charge is 0.497 e. The number of nitrogens with one attached hydrogen (secondary N) is 2. The van der Waals surface area contributed by atoms with E-state index in [2.05, 4.69) is 10.6 Å². The van der Waals surface area contributed by atoms with Gasteiger partial charge < -0.3 is 15.4 Å². The summed E-state index contributed by atoms with van der Waals surface area (Å²) in [7, 11) is 1.61. The molecular weight excluding hydrogens is 287 g/mol. The summed E-state index contributed by atoms with van der Waals surface area (Å²) in [5.41, 5.74) is 3.09. The lowest BCUT2D eigenvalue weighted by molar-refractivity contribution is 0.415. The molecule has 0 unspecified atom stereocenters. The first kappa shape index (κ1) is 15.3. The number of hydrogen-bond donors (Lipinski definition) is 2. The molecule has 0 aliphatic heterocycles. The van der Waals surface area contributed by atoms with Gasteiger partial charge in [-0.1, -0.05) is 12.1 Å². The number of aryl methyl sites for hydroxylation is 2. The average molecular weight is 304 g/mol. The monoisotopic (exact) mass is 304 g/mol. The quantitative estimate of drug-likeness (QED) is 0.830. The molecule has 0 aromatic heterocycles. The fourth-order valence-electron chi connectivity index (χ4n) is 1.82. The first-order valence-corrected chi connectivity index (χ1v) is 6.89. The van der Waals surface area contributed by atoms with E-state index >= 15 is 0 Å². The van der Waals surface area contributed by atoms with Crippen LogP contribution in [0.15, 0.2) is 36.4 Å². The molecule has 0 aliphatic carbocycles. The van der Waals surface area contributed by atoms with Crippen LogP contribution >= 0.6 is 12.2 Å². The van der Waals surface area contributed by atoms with Gasteiger partial charge in [0.05, 0.1) is 7.11 Å². The van der Waals surface area contributed by atoms with Gasteiger partial charge in [0.1, 0.15) is 11.6 Å². The molecule has 2 aromatic rings. The highest BCUT2D eigenvalue weighted by Crippen LogP contribution is 2.22. The molecule has 2 rings (SSSR count). The number of anilines is 2. The fourth-order valence-corrected chi connectivity index (χ4v) is 2.05. The van der Waals surface area contributed by atoms with Crippen LogP contribution in [0.1, 0.15) is 11.1 Å². The van der Waals surface area contributed by atoms with Gasteiger partial charge in [0, 0.05) is 17.4 Å². The maximum atomic E-state index is 13.5. The second-order valence-electron chi connectivity index (χ2n) is 4.72. The standard InChI is InChI=1S/C16H17FN2OS/c1-10-4-6-12(8-14(10)17)18-16(21)19-15-9-13(20-3)7-5-11(15)2/h4-9H,1-3H3,(H2,18,19,21). The Hall–Kier alpha value is -2.14. The molecule has 0 atom stereocenters. The Labute approximate surface area is 129 Å². The van der Waals surface area contributed by atoms with E-state index < -0.39 is 0 Å². The molecule has 0 radical (unpaired) electrons. The number of rotatable bonds is 3. The van der Waals surface area contributed by atoms with Crippen molar-refractivity contribution in [2.45, 2.75) is 13.8 Å². The Morgan fingerprint density at radius 2 is 1.76 bits per heavy atom. The van der Waals surface area contributed by atoms with Crippen LogP contribution in [-0.4, -0.2) is 12.2 Å². The van der Waals surface area contributed by atoms with E-state index in [4.69, 9.17) is 17.0 Å². The summed E-state index contributed by atoms with van der Waals surface area (Å²) in [6, 6.07) is 10.6. The molecule has 110 valence electrons. The number of halogens is 1. The van der Waals surface area contributed by atoms with Crippen molar-refractivity contribution in [1.82, 2.24) is 0 Å². The van der Waals surface area contributed by atoms with E-state index in [-0.39, 0.29) is 5.82 Å². The molecule has 3 nitrogen and oxygen atoms in total. The van der Waals surface area contributed by atoms with E-state index in [9.17, 15) is 4.39 Å². The third kappa shape index (κ3) is 3.92. The molecule has 0 bridgehead atoms. The lowest BCUT2D eigenvalue weighted by Crippen LogP contribution is -2.19. The SMILES string of the molecule is COc1ccc(C)c(NC(=S)Nc2ccc(C)c(F)c2)c1. The van der Waals surface area contributed by atoms with Gasteiger partial charge in [0.25, 0.3) is 0 Å². The molecule has 21 heavy (non-hydrogen) atoms. The second-order valence-corrected chi connectivity index (χ2v) is 5.13. The predicted octanol–water partition coefficient (Wildman–Crippen LogP) is 4.26. The predicted molar refractivity (Wildman–Crippen MR) is 88.7 cm³/mol. The third-order valence-corrected chi connectivity index (χ3v) is 3.33. The number of hydrogen-bond acceptors (Lipinski definition) is 2. The molecule has 5 heteroatoms. The Morgan fingerprint density at radius 3 is 2.43 bits per heavy atom. The third-order valence-electron chi connectivity index (χ3n) is 3.12. The summed E-state index contributed by atoms with van der Waals surface area (Å²) in [4.78, 5) is 0. The van der Waals surface area contributed by atoms with E-state index in [1.54, 1.807) is 26.2 Å². The van der Waals surface area contributed by atoms with E-state index in [0.29, 0.717) is 16.4 Å². The van der Waals surface area contributed by atoms with E-state index in [1.165, 1.54) is 6.07 Å². The lowest BCUT2D eigenvalue weighted by Gasteiger charge is -2.14. The van der Waals surface area contributed by atoms with Crippen LogP contribution in [0, 0.1) is 19.7 Å². The Balaban J connectivity index is 2.09. The van der Waals surface area contributed by atoms with Crippen molar-refractivity contribution in [3.63, 3.8) is 0 Å². The van der Waals surface area contributed by atoms with Crippen LogP contribution < -0.4 is 15.4 Å².